The fourth-order valence-electron chi connectivity index (χ4n) is 2.42. The Labute approximate surface area is 121 Å². The molecule has 2 aromatic rings. The largest absolute Gasteiger partial charge is 0.363 e. The first-order valence-corrected chi connectivity index (χ1v) is 7.65. The van der Waals surface area contributed by atoms with Gasteiger partial charge in [0.2, 0.25) is 10.0 Å². The molecule has 6 nitrogen and oxygen atoms in total. The number of sulfonamides is 1. The maximum atomic E-state index is 11.9. The number of amides is 1. The molecule has 0 fully saturated rings. The molecule has 7 heteroatoms. The van der Waals surface area contributed by atoms with E-state index >= 15 is 0 Å². The summed E-state index contributed by atoms with van der Waals surface area (Å²) in [7, 11) is -3.90. The molecule has 1 unspecified atom stereocenters. The molecule has 1 aliphatic rings. The molecule has 1 atom stereocenters. The monoisotopic (exact) mass is 304 g/mol. The average molecular weight is 304 g/mol. The molecule has 0 saturated carbocycles. The van der Waals surface area contributed by atoms with E-state index in [0.29, 0.717) is 11.1 Å². The van der Waals surface area contributed by atoms with Crippen molar-refractivity contribution >= 4 is 15.9 Å². The number of benzene rings is 2. The van der Waals surface area contributed by atoms with Crippen LogP contribution in [-0.2, 0) is 15.7 Å². The smallest absolute Gasteiger partial charge is 0.254 e. The van der Waals surface area contributed by atoms with Gasteiger partial charge in [-0.15, -0.1) is 0 Å². The van der Waals surface area contributed by atoms with E-state index in [1.807, 2.05) is 0 Å². The molecule has 0 aromatic heterocycles. The molecule has 0 spiro atoms. The Morgan fingerprint density at radius 3 is 2.52 bits per heavy atom. The minimum atomic E-state index is -3.90. The highest BCUT2D eigenvalue weighted by Gasteiger charge is 2.42. The van der Waals surface area contributed by atoms with Gasteiger partial charge in [0, 0.05) is 16.7 Å². The van der Waals surface area contributed by atoms with Gasteiger partial charge in [-0.1, -0.05) is 30.3 Å². The Kier molecular flexibility index (Phi) is 2.87. The Morgan fingerprint density at radius 2 is 1.81 bits per heavy atom. The highest BCUT2D eigenvalue weighted by atomic mass is 32.2. The number of fused-ring (bicyclic) bond motifs is 1. The lowest BCUT2D eigenvalue weighted by molar-refractivity contribution is 0.0474. The van der Waals surface area contributed by atoms with Crippen LogP contribution in [0, 0.1) is 0 Å². The molecule has 3 rings (SSSR count). The molecule has 0 bridgehead atoms. The average Bonchev–Trinajstić information content (AvgIpc) is 2.72. The Morgan fingerprint density at radius 1 is 1.10 bits per heavy atom. The molecule has 21 heavy (non-hydrogen) atoms. The van der Waals surface area contributed by atoms with Crippen molar-refractivity contribution in [3.8, 4) is 0 Å². The molecule has 108 valence electrons. The third kappa shape index (κ3) is 2.11. The van der Waals surface area contributed by atoms with Crippen LogP contribution in [-0.4, -0.2) is 19.4 Å². The molecule has 0 saturated heterocycles. The van der Waals surface area contributed by atoms with Gasteiger partial charge in [0.1, 0.15) is 0 Å². The fourth-order valence-corrected chi connectivity index (χ4v) is 2.98. The van der Waals surface area contributed by atoms with E-state index in [1.165, 1.54) is 24.3 Å². The maximum Gasteiger partial charge on any atom is 0.254 e. The first kappa shape index (κ1) is 13.7. The number of carbonyl (C=O) groups is 1. The van der Waals surface area contributed by atoms with Crippen LogP contribution in [0.5, 0.6) is 0 Å². The van der Waals surface area contributed by atoms with E-state index in [4.69, 9.17) is 5.14 Å². The highest BCUT2D eigenvalue weighted by Crippen LogP contribution is 2.35. The standard InChI is InChI=1S/C14H12N2O4S/c15-21(19,20)10-5-3-4-9(8-10)14(18)12-7-2-1-6-11(12)13(17)16-14/h1-8,18H,(H,16,17)(H2,15,19,20). The summed E-state index contributed by atoms with van der Waals surface area (Å²) in [5, 5.41) is 18.4. The van der Waals surface area contributed by atoms with Crippen molar-refractivity contribution in [2.75, 3.05) is 0 Å². The number of hydrogen-bond donors (Lipinski definition) is 3. The van der Waals surface area contributed by atoms with Crippen molar-refractivity contribution in [2.24, 2.45) is 5.14 Å². The van der Waals surface area contributed by atoms with E-state index in [1.54, 1.807) is 24.3 Å². The summed E-state index contributed by atoms with van der Waals surface area (Å²) < 4.78 is 22.8. The maximum absolute atomic E-state index is 11.9. The van der Waals surface area contributed by atoms with E-state index in [9.17, 15) is 18.3 Å². The second-order valence-electron chi connectivity index (χ2n) is 4.78. The molecular formula is C14H12N2O4S. The molecule has 1 aliphatic heterocycles. The van der Waals surface area contributed by atoms with Crippen LogP contribution in [0.15, 0.2) is 53.4 Å². The highest BCUT2D eigenvalue weighted by molar-refractivity contribution is 7.89. The Balaban J connectivity index is 2.20. The summed E-state index contributed by atoms with van der Waals surface area (Å²) >= 11 is 0. The second-order valence-corrected chi connectivity index (χ2v) is 6.34. The number of nitrogens with one attached hydrogen (secondary N) is 1. The number of nitrogens with two attached hydrogens (primary N) is 1. The number of aliphatic hydroxyl groups is 1. The van der Waals surface area contributed by atoms with Gasteiger partial charge in [0.15, 0.2) is 5.72 Å². The number of hydrogen-bond acceptors (Lipinski definition) is 4. The van der Waals surface area contributed by atoms with Gasteiger partial charge in [-0.05, 0) is 18.2 Å². The number of rotatable bonds is 2. The normalized spacial score (nSPS) is 21.0. The van der Waals surface area contributed by atoms with Crippen LogP contribution in [0.25, 0.3) is 0 Å². The molecule has 0 aliphatic carbocycles. The zero-order valence-corrected chi connectivity index (χ0v) is 11.6. The summed E-state index contributed by atoms with van der Waals surface area (Å²) in [5.74, 6) is -0.422. The molecule has 4 N–H and O–H groups in total. The zero-order chi connectivity index (χ0) is 15.3. The van der Waals surface area contributed by atoms with Crippen LogP contribution >= 0.6 is 0 Å². The van der Waals surface area contributed by atoms with E-state index in [0.717, 1.165) is 0 Å². The van der Waals surface area contributed by atoms with Crippen molar-refractivity contribution in [1.82, 2.24) is 5.32 Å². The Hall–Kier alpha value is -2.22. The van der Waals surface area contributed by atoms with Gasteiger partial charge in [0.25, 0.3) is 5.91 Å². The minimum absolute atomic E-state index is 0.132. The molecule has 1 amide bonds. The van der Waals surface area contributed by atoms with Crippen LogP contribution in [0.1, 0.15) is 21.5 Å². The zero-order valence-electron chi connectivity index (χ0n) is 10.8. The SMILES string of the molecule is NS(=O)(=O)c1cccc(C2(O)NC(=O)c3ccccc32)c1. The molecule has 2 aromatic carbocycles. The molecule has 1 heterocycles. The topological polar surface area (TPSA) is 109 Å². The van der Waals surface area contributed by atoms with Gasteiger partial charge >= 0.3 is 0 Å². The van der Waals surface area contributed by atoms with Crippen LogP contribution < -0.4 is 10.5 Å². The first-order valence-electron chi connectivity index (χ1n) is 6.10. The van der Waals surface area contributed by atoms with Gasteiger partial charge < -0.3 is 10.4 Å². The third-order valence-corrected chi connectivity index (χ3v) is 4.35. The summed E-state index contributed by atoms with van der Waals surface area (Å²) in [6, 6.07) is 12.1. The van der Waals surface area contributed by atoms with Gasteiger partial charge in [-0.25, -0.2) is 13.6 Å². The number of carbonyl (C=O) groups excluding carboxylic acids is 1. The fraction of sp³-hybridized carbons (Fsp3) is 0.0714. The van der Waals surface area contributed by atoms with Crippen molar-refractivity contribution in [2.45, 2.75) is 10.6 Å². The minimum Gasteiger partial charge on any atom is -0.363 e. The van der Waals surface area contributed by atoms with Crippen molar-refractivity contribution in [3.63, 3.8) is 0 Å². The lowest BCUT2D eigenvalue weighted by Gasteiger charge is -2.24. The van der Waals surface area contributed by atoms with E-state index < -0.39 is 21.7 Å². The van der Waals surface area contributed by atoms with Crippen molar-refractivity contribution < 1.29 is 18.3 Å². The lowest BCUT2D eigenvalue weighted by Crippen LogP contribution is -2.40. The van der Waals surface area contributed by atoms with Gasteiger partial charge in [-0.2, -0.15) is 0 Å². The number of primary sulfonamides is 1. The first-order chi connectivity index (χ1) is 9.82. The third-order valence-electron chi connectivity index (χ3n) is 3.44. The summed E-state index contributed by atoms with van der Waals surface area (Å²) in [4.78, 5) is 11.8. The van der Waals surface area contributed by atoms with Gasteiger partial charge in [-0.3, -0.25) is 4.79 Å². The van der Waals surface area contributed by atoms with E-state index in [2.05, 4.69) is 5.32 Å². The quantitative estimate of drug-likeness (QED) is 0.739. The summed E-state index contributed by atoms with van der Waals surface area (Å²) in [5.41, 5.74) is -0.816. The molecule has 0 radical (unpaired) electrons. The van der Waals surface area contributed by atoms with Crippen molar-refractivity contribution in [1.29, 1.82) is 0 Å². The summed E-state index contributed by atoms with van der Waals surface area (Å²) in [6.07, 6.45) is 0. The van der Waals surface area contributed by atoms with Crippen molar-refractivity contribution in [3.05, 3.63) is 65.2 Å². The van der Waals surface area contributed by atoms with Gasteiger partial charge in [0.05, 0.1) is 4.90 Å². The van der Waals surface area contributed by atoms with Crippen LogP contribution in [0.3, 0.4) is 0 Å². The predicted molar refractivity (Wildman–Crippen MR) is 74.7 cm³/mol. The van der Waals surface area contributed by atoms with Crippen LogP contribution in [0.2, 0.25) is 0 Å². The predicted octanol–water partition coefficient (Wildman–Crippen LogP) is 0.271. The van der Waals surface area contributed by atoms with Crippen LogP contribution in [0.4, 0.5) is 0 Å². The summed E-state index contributed by atoms with van der Waals surface area (Å²) in [6.45, 7) is 0. The van der Waals surface area contributed by atoms with E-state index in [-0.39, 0.29) is 10.5 Å². The second kappa shape index (κ2) is 4.39. The Bertz CT molecular complexity index is 848. The molecular weight excluding hydrogens is 292 g/mol. The lowest BCUT2D eigenvalue weighted by atomic mass is 9.95.